The van der Waals surface area contributed by atoms with Crippen LogP contribution < -0.4 is 5.56 Å². The summed E-state index contributed by atoms with van der Waals surface area (Å²) in [5, 5.41) is 8.85. The van der Waals surface area contributed by atoms with E-state index in [1.807, 2.05) is 0 Å². The summed E-state index contributed by atoms with van der Waals surface area (Å²) in [4.78, 5) is 22.6. The first-order chi connectivity index (χ1) is 7.09. The number of nitrogens with zero attached hydrogens (tertiary/aromatic N) is 1. The standard InChI is InChI=1S/C10H10BrNO3/c11-6-4-8(10(14)15)9(13)12(5-6)7-2-1-3-7/h4-5,7H,1-3H2,(H,14,15). The molecule has 0 saturated heterocycles. The van der Waals surface area contributed by atoms with Gasteiger partial charge in [-0.3, -0.25) is 4.79 Å². The van der Waals surface area contributed by atoms with E-state index in [9.17, 15) is 9.59 Å². The van der Waals surface area contributed by atoms with Gasteiger partial charge in [-0.05, 0) is 41.3 Å². The van der Waals surface area contributed by atoms with Gasteiger partial charge in [0.25, 0.3) is 5.56 Å². The molecule has 0 spiro atoms. The molecule has 0 aliphatic heterocycles. The van der Waals surface area contributed by atoms with Crippen molar-refractivity contribution in [1.29, 1.82) is 0 Å². The van der Waals surface area contributed by atoms with Crippen molar-refractivity contribution in [3.05, 3.63) is 32.7 Å². The highest BCUT2D eigenvalue weighted by molar-refractivity contribution is 9.10. The predicted molar refractivity (Wildman–Crippen MR) is 58.2 cm³/mol. The van der Waals surface area contributed by atoms with Crippen molar-refractivity contribution in [2.24, 2.45) is 0 Å². The smallest absolute Gasteiger partial charge is 0.341 e. The van der Waals surface area contributed by atoms with E-state index in [1.54, 1.807) is 6.20 Å². The van der Waals surface area contributed by atoms with Crippen LogP contribution in [0.15, 0.2) is 21.5 Å². The van der Waals surface area contributed by atoms with Crippen LogP contribution in [0.5, 0.6) is 0 Å². The second-order valence-corrected chi connectivity index (χ2v) is 4.59. The Kier molecular flexibility index (Phi) is 2.65. The zero-order chi connectivity index (χ0) is 11.0. The number of carboxylic acid groups (broad SMARTS) is 1. The fraction of sp³-hybridized carbons (Fsp3) is 0.400. The molecule has 1 saturated carbocycles. The Morgan fingerprint density at radius 2 is 2.20 bits per heavy atom. The van der Waals surface area contributed by atoms with Gasteiger partial charge in [-0.1, -0.05) is 0 Å². The van der Waals surface area contributed by atoms with Crippen LogP contribution in [0.3, 0.4) is 0 Å². The van der Waals surface area contributed by atoms with E-state index in [2.05, 4.69) is 15.9 Å². The van der Waals surface area contributed by atoms with Crippen LogP contribution in [-0.2, 0) is 0 Å². The molecule has 1 aromatic rings. The fourth-order valence-electron chi connectivity index (χ4n) is 1.66. The van der Waals surface area contributed by atoms with Crippen LogP contribution in [0.25, 0.3) is 0 Å². The number of halogens is 1. The third-order valence-electron chi connectivity index (χ3n) is 2.71. The molecule has 1 heterocycles. The molecule has 1 N–H and O–H groups in total. The second kappa shape index (κ2) is 3.81. The fourth-order valence-corrected chi connectivity index (χ4v) is 2.11. The monoisotopic (exact) mass is 271 g/mol. The Labute approximate surface area is 94.7 Å². The third-order valence-corrected chi connectivity index (χ3v) is 3.14. The average molecular weight is 272 g/mol. The van der Waals surface area contributed by atoms with Crippen molar-refractivity contribution in [3.63, 3.8) is 0 Å². The molecule has 1 aliphatic carbocycles. The maximum absolute atomic E-state index is 11.8. The molecular formula is C10H10BrNO3. The second-order valence-electron chi connectivity index (χ2n) is 3.67. The lowest BCUT2D eigenvalue weighted by atomic mass is 9.92. The normalized spacial score (nSPS) is 16.1. The average Bonchev–Trinajstić information content (AvgIpc) is 2.07. The number of pyridine rings is 1. The van der Waals surface area contributed by atoms with Gasteiger partial charge in [0.15, 0.2) is 0 Å². The summed E-state index contributed by atoms with van der Waals surface area (Å²) in [5.41, 5.74) is -0.577. The number of rotatable bonds is 2. The number of carbonyl (C=O) groups is 1. The minimum atomic E-state index is -1.17. The van der Waals surface area contributed by atoms with Crippen LogP contribution in [0.4, 0.5) is 0 Å². The summed E-state index contributed by atoms with van der Waals surface area (Å²) in [6.07, 6.45) is 4.68. The van der Waals surface area contributed by atoms with E-state index >= 15 is 0 Å². The number of aromatic carboxylic acids is 1. The molecular weight excluding hydrogens is 262 g/mol. The van der Waals surface area contributed by atoms with Crippen molar-refractivity contribution in [3.8, 4) is 0 Å². The molecule has 15 heavy (non-hydrogen) atoms. The van der Waals surface area contributed by atoms with Crippen molar-refractivity contribution in [1.82, 2.24) is 4.57 Å². The summed E-state index contributed by atoms with van der Waals surface area (Å²) in [5.74, 6) is -1.17. The molecule has 0 aromatic carbocycles. The van der Waals surface area contributed by atoms with Gasteiger partial charge in [-0.2, -0.15) is 0 Å². The van der Waals surface area contributed by atoms with E-state index in [0.29, 0.717) is 4.47 Å². The van der Waals surface area contributed by atoms with E-state index in [4.69, 9.17) is 5.11 Å². The molecule has 5 heteroatoms. The zero-order valence-electron chi connectivity index (χ0n) is 7.94. The summed E-state index contributed by atoms with van der Waals surface area (Å²) < 4.78 is 2.16. The van der Waals surface area contributed by atoms with Crippen LogP contribution in [-0.4, -0.2) is 15.6 Å². The number of hydrogen-bond donors (Lipinski definition) is 1. The molecule has 0 bridgehead atoms. The van der Waals surface area contributed by atoms with Gasteiger partial charge < -0.3 is 9.67 Å². The lowest BCUT2D eigenvalue weighted by Crippen LogP contribution is -2.32. The topological polar surface area (TPSA) is 59.3 Å². The molecule has 1 fully saturated rings. The first-order valence-electron chi connectivity index (χ1n) is 4.74. The quantitative estimate of drug-likeness (QED) is 0.896. The highest BCUT2D eigenvalue weighted by atomic mass is 79.9. The first kappa shape index (κ1) is 10.4. The largest absolute Gasteiger partial charge is 0.477 e. The predicted octanol–water partition coefficient (Wildman–Crippen LogP) is 2.03. The van der Waals surface area contributed by atoms with Gasteiger partial charge >= 0.3 is 5.97 Å². The SMILES string of the molecule is O=C(O)c1cc(Br)cn(C2CCC2)c1=O. The molecule has 1 aromatic heterocycles. The van der Waals surface area contributed by atoms with Crippen LogP contribution >= 0.6 is 15.9 Å². The lowest BCUT2D eigenvalue weighted by molar-refractivity contribution is 0.0693. The Morgan fingerprint density at radius 1 is 1.53 bits per heavy atom. The minimum Gasteiger partial charge on any atom is -0.477 e. The Balaban J connectivity index is 2.54. The number of carboxylic acids is 1. The Hall–Kier alpha value is -1.10. The first-order valence-corrected chi connectivity index (χ1v) is 5.54. The Bertz CT molecular complexity index is 462. The van der Waals surface area contributed by atoms with Crippen molar-refractivity contribution < 1.29 is 9.90 Å². The van der Waals surface area contributed by atoms with Gasteiger partial charge in [-0.15, -0.1) is 0 Å². The summed E-state index contributed by atoms with van der Waals surface area (Å²) in [7, 11) is 0. The Morgan fingerprint density at radius 3 is 2.67 bits per heavy atom. The molecule has 1 aliphatic rings. The summed E-state index contributed by atoms with van der Waals surface area (Å²) in [6.45, 7) is 0. The van der Waals surface area contributed by atoms with Gasteiger partial charge in [0, 0.05) is 16.7 Å². The van der Waals surface area contributed by atoms with E-state index in [1.165, 1.54) is 10.6 Å². The minimum absolute atomic E-state index is 0.170. The third kappa shape index (κ3) is 1.84. The van der Waals surface area contributed by atoms with Gasteiger partial charge in [0.05, 0.1) is 0 Å². The molecule has 80 valence electrons. The summed E-state index contributed by atoms with van der Waals surface area (Å²) >= 11 is 3.21. The van der Waals surface area contributed by atoms with Crippen LogP contribution in [0.2, 0.25) is 0 Å². The molecule has 2 rings (SSSR count). The highest BCUT2D eigenvalue weighted by Crippen LogP contribution is 2.30. The number of hydrogen-bond acceptors (Lipinski definition) is 2. The maximum Gasteiger partial charge on any atom is 0.341 e. The molecule has 4 nitrogen and oxygen atoms in total. The van der Waals surface area contributed by atoms with Crippen LogP contribution in [0.1, 0.15) is 35.7 Å². The van der Waals surface area contributed by atoms with Crippen LogP contribution in [0, 0.1) is 0 Å². The van der Waals surface area contributed by atoms with Gasteiger partial charge in [0.1, 0.15) is 5.56 Å². The molecule has 0 amide bonds. The molecule has 0 atom stereocenters. The van der Waals surface area contributed by atoms with E-state index in [-0.39, 0.29) is 11.6 Å². The van der Waals surface area contributed by atoms with Crippen molar-refractivity contribution in [2.45, 2.75) is 25.3 Å². The van der Waals surface area contributed by atoms with Gasteiger partial charge in [-0.25, -0.2) is 4.79 Å². The van der Waals surface area contributed by atoms with E-state index < -0.39 is 11.5 Å². The lowest BCUT2D eigenvalue weighted by Gasteiger charge is -2.27. The highest BCUT2D eigenvalue weighted by Gasteiger charge is 2.23. The maximum atomic E-state index is 11.8. The summed E-state index contributed by atoms with van der Waals surface area (Å²) in [6, 6.07) is 1.52. The van der Waals surface area contributed by atoms with Crippen molar-refractivity contribution >= 4 is 21.9 Å². The van der Waals surface area contributed by atoms with E-state index in [0.717, 1.165) is 19.3 Å². The molecule has 0 radical (unpaired) electrons. The van der Waals surface area contributed by atoms with Crippen molar-refractivity contribution in [2.75, 3.05) is 0 Å². The zero-order valence-corrected chi connectivity index (χ0v) is 9.53. The number of aromatic nitrogens is 1. The molecule has 0 unspecified atom stereocenters. The van der Waals surface area contributed by atoms with Gasteiger partial charge in [0.2, 0.25) is 0 Å².